The lowest BCUT2D eigenvalue weighted by atomic mass is 9.77. The number of pyridine rings is 1. The zero-order valence-electron chi connectivity index (χ0n) is 20.7. The van der Waals surface area contributed by atoms with Crippen molar-refractivity contribution in [3.8, 4) is 6.07 Å². The number of aryl methyl sites for hydroxylation is 1. The summed E-state index contributed by atoms with van der Waals surface area (Å²) >= 11 is 0. The second-order valence-corrected chi connectivity index (χ2v) is 13.7. The first kappa shape index (κ1) is 23.1. The molecule has 184 valence electrons. The lowest BCUT2D eigenvalue weighted by molar-refractivity contribution is 0.210. The fourth-order valence-corrected chi connectivity index (χ4v) is 6.32. The van der Waals surface area contributed by atoms with Gasteiger partial charge in [-0.1, -0.05) is 6.07 Å². The van der Waals surface area contributed by atoms with Gasteiger partial charge in [0.2, 0.25) is 5.95 Å². The van der Waals surface area contributed by atoms with Crippen molar-refractivity contribution in [3.63, 3.8) is 0 Å². The van der Waals surface area contributed by atoms with Gasteiger partial charge in [0.05, 0.1) is 6.20 Å². The Balaban J connectivity index is 1.29. The molecule has 8 nitrogen and oxygen atoms in total. The zero-order chi connectivity index (χ0) is 24.9. The third-order valence-electron chi connectivity index (χ3n) is 7.35. The first-order valence-electron chi connectivity index (χ1n) is 12.6. The average molecular weight is 500 g/mol. The van der Waals surface area contributed by atoms with Crippen LogP contribution < -0.4 is 16.1 Å². The SMILES string of the molecule is CP(C)(=O)c1cccc(Nc2nc(Nc3cc4c5c(c3)CN(C3CC3)C[C@@H]5CCC4)ncc2C#N)n1. The lowest BCUT2D eigenvalue weighted by Gasteiger charge is -2.39. The van der Waals surface area contributed by atoms with Gasteiger partial charge in [0.15, 0.2) is 5.82 Å². The standard InChI is InChI=1S/C27H30N7OP/c1-36(2,35)24-8-4-7-23(31-24)32-26-20(13-28)14-29-27(33-26)30-21-11-17-5-3-6-18-15-34(22-9-10-22)16-19(12-21)25(17)18/h4,7-8,11-12,14,18,22H,3,5-6,9-10,15-16H2,1-2H3,(H2,29,30,31,32,33)/t18-/m0/s1. The molecule has 9 heteroatoms. The Bertz CT molecular complexity index is 1420. The summed E-state index contributed by atoms with van der Waals surface area (Å²) < 4.78 is 12.5. The summed E-state index contributed by atoms with van der Waals surface area (Å²) in [5.74, 6) is 1.92. The van der Waals surface area contributed by atoms with Crippen LogP contribution in [0.25, 0.3) is 0 Å². The molecule has 2 aromatic heterocycles. The van der Waals surface area contributed by atoms with Crippen molar-refractivity contribution >= 4 is 35.8 Å². The van der Waals surface area contributed by atoms with Crippen LogP contribution in [-0.2, 0) is 17.5 Å². The average Bonchev–Trinajstić information content (AvgIpc) is 3.70. The fraction of sp³-hybridized carbons (Fsp3) is 0.407. The third-order valence-corrected chi connectivity index (χ3v) is 8.70. The molecule has 2 N–H and O–H groups in total. The Hall–Kier alpha value is -3.27. The smallest absolute Gasteiger partial charge is 0.229 e. The first-order valence-corrected chi connectivity index (χ1v) is 15.2. The minimum absolute atomic E-state index is 0.312. The maximum Gasteiger partial charge on any atom is 0.229 e. The Labute approximate surface area is 211 Å². The number of anilines is 4. The Kier molecular flexibility index (Phi) is 5.78. The predicted octanol–water partition coefficient (Wildman–Crippen LogP) is 4.88. The molecule has 36 heavy (non-hydrogen) atoms. The van der Waals surface area contributed by atoms with Crippen molar-refractivity contribution in [1.29, 1.82) is 5.26 Å². The highest BCUT2D eigenvalue weighted by atomic mass is 31.2. The number of nitriles is 1. The van der Waals surface area contributed by atoms with Crippen LogP contribution in [-0.4, -0.2) is 45.8 Å². The molecule has 1 saturated carbocycles. The molecule has 0 radical (unpaired) electrons. The van der Waals surface area contributed by atoms with E-state index in [1.807, 2.05) is 0 Å². The van der Waals surface area contributed by atoms with Gasteiger partial charge >= 0.3 is 0 Å². The summed E-state index contributed by atoms with van der Waals surface area (Å²) in [6, 6.07) is 12.7. The lowest BCUT2D eigenvalue weighted by Crippen LogP contribution is -2.37. The highest BCUT2D eigenvalue weighted by Crippen LogP contribution is 2.43. The molecule has 1 fully saturated rings. The molecule has 0 spiro atoms. The Morgan fingerprint density at radius 2 is 1.94 bits per heavy atom. The third kappa shape index (κ3) is 4.61. The molecular formula is C27H30N7OP. The number of hydrogen-bond acceptors (Lipinski definition) is 8. The van der Waals surface area contributed by atoms with Gasteiger partial charge in [-0.05, 0) is 92.3 Å². The number of nitrogens with one attached hydrogen (secondary N) is 2. The summed E-state index contributed by atoms with van der Waals surface area (Å²) in [6.45, 7) is 5.59. The molecule has 2 aliphatic carbocycles. The maximum absolute atomic E-state index is 12.5. The van der Waals surface area contributed by atoms with E-state index in [4.69, 9.17) is 0 Å². The maximum atomic E-state index is 12.5. The van der Waals surface area contributed by atoms with Crippen LogP contribution in [0, 0.1) is 11.3 Å². The van der Waals surface area contributed by atoms with Gasteiger partial charge in [0.1, 0.15) is 30.0 Å². The summed E-state index contributed by atoms with van der Waals surface area (Å²) in [7, 11) is -2.51. The topological polar surface area (TPSA) is 107 Å². The van der Waals surface area contributed by atoms with Crippen LogP contribution in [0.4, 0.5) is 23.3 Å². The molecule has 1 aliphatic heterocycles. The van der Waals surface area contributed by atoms with Crippen LogP contribution in [0.1, 0.15) is 53.9 Å². The highest BCUT2D eigenvalue weighted by molar-refractivity contribution is 7.69. The van der Waals surface area contributed by atoms with Crippen LogP contribution >= 0.6 is 7.14 Å². The Morgan fingerprint density at radius 1 is 1.11 bits per heavy atom. The van der Waals surface area contributed by atoms with Crippen LogP contribution in [0.2, 0.25) is 0 Å². The molecule has 0 unspecified atom stereocenters. The number of nitrogens with zero attached hydrogens (tertiary/aromatic N) is 5. The van der Waals surface area contributed by atoms with Crippen LogP contribution in [0.3, 0.4) is 0 Å². The summed E-state index contributed by atoms with van der Waals surface area (Å²) in [4.78, 5) is 16.1. The van der Waals surface area contributed by atoms with E-state index in [9.17, 15) is 9.83 Å². The van der Waals surface area contributed by atoms with Gasteiger partial charge in [0, 0.05) is 24.8 Å². The summed E-state index contributed by atoms with van der Waals surface area (Å²) in [5, 5.41) is 16.1. The summed E-state index contributed by atoms with van der Waals surface area (Å²) in [6.07, 6.45) is 7.79. The Morgan fingerprint density at radius 3 is 2.72 bits per heavy atom. The van der Waals surface area contributed by atoms with E-state index in [0.29, 0.717) is 34.5 Å². The van der Waals surface area contributed by atoms with E-state index in [0.717, 1.165) is 24.7 Å². The molecule has 3 aromatic rings. The predicted molar refractivity (Wildman–Crippen MR) is 142 cm³/mol. The molecule has 0 saturated heterocycles. The van der Waals surface area contributed by atoms with E-state index >= 15 is 0 Å². The van der Waals surface area contributed by atoms with Gasteiger partial charge in [-0.3, -0.25) is 4.90 Å². The van der Waals surface area contributed by atoms with Crippen molar-refractivity contribution in [2.24, 2.45) is 0 Å². The van der Waals surface area contributed by atoms with E-state index < -0.39 is 7.14 Å². The van der Waals surface area contributed by atoms with Crippen LogP contribution in [0.15, 0.2) is 36.5 Å². The van der Waals surface area contributed by atoms with Gasteiger partial charge in [-0.2, -0.15) is 10.2 Å². The van der Waals surface area contributed by atoms with E-state index in [2.05, 4.69) is 48.7 Å². The number of rotatable bonds is 6. The van der Waals surface area contributed by atoms with Crippen molar-refractivity contribution in [2.45, 2.75) is 50.6 Å². The van der Waals surface area contributed by atoms with Crippen molar-refractivity contribution in [1.82, 2.24) is 19.9 Å². The minimum Gasteiger partial charge on any atom is -0.324 e. The van der Waals surface area contributed by atoms with E-state index in [-0.39, 0.29) is 0 Å². The molecule has 1 atom stereocenters. The van der Waals surface area contributed by atoms with Gasteiger partial charge in [-0.15, -0.1) is 0 Å². The first-order chi connectivity index (χ1) is 17.4. The second kappa shape index (κ2) is 8.99. The second-order valence-electron chi connectivity index (χ2n) is 10.5. The molecule has 0 bridgehead atoms. The molecule has 3 aliphatic rings. The van der Waals surface area contributed by atoms with E-state index in [1.165, 1.54) is 49.6 Å². The van der Waals surface area contributed by atoms with Crippen molar-refractivity contribution in [2.75, 3.05) is 30.5 Å². The molecule has 1 aromatic carbocycles. The quantitative estimate of drug-likeness (QED) is 0.463. The molecule has 6 rings (SSSR count). The molecule has 3 heterocycles. The molecular weight excluding hydrogens is 469 g/mol. The fourth-order valence-electron chi connectivity index (χ4n) is 5.53. The van der Waals surface area contributed by atoms with Crippen molar-refractivity contribution < 1.29 is 4.57 Å². The molecule has 0 amide bonds. The zero-order valence-corrected chi connectivity index (χ0v) is 21.6. The monoisotopic (exact) mass is 499 g/mol. The van der Waals surface area contributed by atoms with Crippen LogP contribution in [0.5, 0.6) is 0 Å². The highest BCUT2D eigenvalue weighted by Gasteiger charge is 2.37. The largest absolute Gasteiger partial charge is 0.324 e. The van der Waals surface area contributed by atoms with E-state index in [1.54, 1.807) is 37.1 Å². The van der Waals surface area contributed by atoms with Gasteiger partial charge in [-0.25, -0.2) is 9.97 Å². The van der Waals surface area contributed by atoms with Gasteiger partial charge < -0.3 is 15.2 Å². The number of aromatic nitrogens is 3. The van der Waals surface area contributed by atoms with Crippen molar-refractivity contribution in [3.05, 3.63) is 58.8 Å². The van der Waals surface area contributed by atoms with Gasteiger partial charge in [0.25, 0.3) is 0 Å². The minimum atomic E-state index is -2.51. The summed E-state index contributed by atoms with van der Waals surface area (Å²) in [5.41, 5.74) is 6.26. The number of hydrogen-bond donors (Lipinski definition) is 2. The number of benzene rings is 1. The normalized spacial score (nSPS) is 19.3.